The van der Waals surface area contributed by atoms with E-state index in [0.29, 0.717) is 24.9 Å². The second-order valence-corrected chi connectivity index (χ2v) is 6.19. The van der Waals surface area contributed by atoms with Crippen LogP contribution in [0.3, 0.4) is 0 Å². The van der Waals surface area contributed by atoms with Crippen molar-refractivity contribution in [2.24, 2.45) is 5.92 Å². The summed E-state index contributed by atoms with van der Waals surface area (Å²) in [4.78, 5) is 46.2. The molecule has 2 atom stereocenters. The predicted molar refractivity (Wildman–Crippen MR) is 90.7 cm³/mol. The number of Topliss-reactive ketones (excluding diaryl/α,β-unsaturated/α-hetero) is 2. The van der Waals surface area contributed by atoms with Gasteiger partial charge < -0.3 is 9.88 Å². The molecule has 1 aromatic carbocycles. The van der Waals surface area contributed by atoms with E-state index >= 15 is 0 Å². The van der Waals surface area contributed by atoms with Gasteiger partial charge in [-0.05, 0) is 31.0 Å². The van der Waals surface area contributed by atoms with Gasteiger partial charge in [-0.15, -0.1) is 0 Å². The Bertz CT molecular complexity index is 796. The van der Waals surface area contributed by atoms with Crippen molar-refractivity contribution in [3.8, 4) is 0 Å². The fourth-order valence-electron chi connectivity index (χ4n) is 3.46. The van der Waals surface area contributed by atoms with Gasteiger partial charge in [0.1, 0.15) is 11.7 Å². The molecule has 0 radical (unpaired) electrons. The lowest BCUT2D eigenvalue weighted by molar-refractivity contribution is -0.139. The zero-order valence-electron chi connectivity index (χ0n) is 13.9. The van der Waals surface area contributed by atoms with E-state index in [4.69, 9.17) is 0 Å². The van der Waals surface area contributed by atoms with Crippen molar-refractivity contribution in [2.75, 3.05) is 4.90 Å². The number of H-pyrrole nitrogens is 1. The number of amides is 1. The van der Waals surface area contributed by atoms with Crippen molar-refractivity contribution in [2.45, 2.75) is 45.6 Å². The van der Waals surface area contributed by atoms with Crippen LogP contribution < -0.4 is 4.90 Å². The molecule has 1 aliphatic rings. The first-order chi connectivity index (χ1) is 11.6. The molecule has 0 spiro atoms. The number of fused-ring (bicyclic) bond motifs is 1. The van der Waals surface area contributed by atoms with Gasteiger partial charge >= 0.3 is 0 Å². The van der Waals surface area contributed by atoms with E-state index in [9.17, 15) is 14.4 Å². The normalized spacial score (nSPS) is 21.0. The van der Waals surface area contributed by atoms with Gasteiger partial charge in [-0.3, -0.25) is 14.4 Å². The molecule has 1 aliphatic heterocycles. The standard InChI is InChI=1S/C18H21N3O3/c1-3-5-14-16(15(22)6-4-2)17(23)18(24)21(14)11-7-8-12-13(9-11)20-10-19-12/h7-10,14,16H,3-6H2,1-2H3,(H,19,20). The van der Waals surface area contributed by atoms with E-state index in [0.717, 1.165) is 17.5 Å². The molecule has 2 heterocycles. The molecule has 6 heteroatoms. The number of hydrogen-bond acceptors (Lipinski definition) is 4. The predicted octanol–water partition coefficient (Wildman–Crippen LogP) is 2.63. The molecule has 2 unspecified atom stereocenters. The number of imidazole rings is 1. The minimum atomic E-state index is -0.838. The minimum absolute atomic E-state index is 0.126. The number of aromatic nitrogens is 2. The molecule has 1 N–H and O–H groups in total. The van der Waals surface area contributed by atoms with Crippen molar-refractivity contribution in [1.29, 1.82) is 0 Å². The lowest BCUT2D eigenvalue weighted by Gasteiger charge is -2.26. The number of carbonyl (C=O) groups excluding carboxylic acids is 3. The molecular formula is C18H21N3O3. The van der Waals surface area contributed by atoms with E-state index in [1.54, 1.807) is 12.4 Å². The van der Waals surface area contributed by atoms with Crippen LogP contribution in [-0.2, 0) is 14.4 Å². The van der Waals surface area contributed by atoms with Gasteiger partial charge in [0.25, 0.3) is 5.91 Å². The summed E-state index contributed by atoms with van der Waals surface area (Å²) in [5, 5.41) is 0. The number of rotatable bonds is 6. The average molecular weight is 327 g/mol. The highest BCUT2D eigenvalue weighted by atomic mass is 16.2. The van der Waals surface area contributed by atoms with Gasteiger partial charge in [0.2, 0.25) is 5.78 Å². The number of carbonyl (C=O) groups is 3. The molecule has 1 aromatic heterocycles. The highest BCUT2D eigenvalue weighted by Gasteiger charge is 2.50. The summed E-state index contributed by atoms with van der Waals surface area (Å²) in [5.41, 5.74) is 2.23. The van der Waals surface area contributed by atoms with Gasteiger partial charge in [0, 0.05) is 12.1 Å². The van der Waals surface area contributed by atoms with E-state index < -0.39 is 23.7 Å². The molecule has 1 saturated heterocycles. The fraction of sp³-hybridized carbons (Fsp3) is 0.444. The zero-order chi connectivity index (χ0) is 17.3. The van der Waals surface area contributed by atoms with Gasteiger partial charge in [-0.25, -0.2) is 4.98 Å². The smallest absolute Gasteiger partial charge is 0.295 e. The second kappa shape index (κ2) is 6.55. The third-order valence-electron chi connectivity index (χ3n) is 4.54. The Morgan fingerprint density at radius 3 is 2.75 bits per heavy atom. The Balaban J connectivity index is 2.02. The maximum absolute atomic E-state index is 12.6. The summed E-state index contributed by atoms with van der Waals surface area (Å²) in [5.74, 6) is -2.12. The number of hydrogen-bond donors (Lipinski definition) is 1. The molecule has 0 saturated carbocycles. The fourth-order valence-corrected chi connectivity index (χ4v) is 3.46. The molecule has 3 rings (SSSR count). The number of nitrogens with zero attached hydrogens (tertiary/aromatic N) is 2. The Hall–Kier alpha value is -2.50. The Labute approximate surface area is 140 Å². The molecule has 2 aromatic rings. The summed E-state index contributed by atoms with van der Waals surface area (Å²) < 4.78 is 0. The first-order valence-electron chi connectivity index (χ1n) is 8.41. The van der Waals surface area contributed by atoms with Crippen molar-refractivity contribution in [3.05, 3.63) is 24.5 Å². The molecule has 1 amide bonds. The molecule has 1 fully saturated rings. The Morgan fingerprint density at radius 1 is 1.25 bits per heavy atom. The quantitative estimate of drug-likeness (QED) is 0.653. The average Bonchev–Trinajstić information content (AvgIpc) is 3.11. The number of aromatic amines is 1. The minimum Gasteiger partial charge on any atom is -0.345 e. The summed E-state index contributed by atoms with van der Waals surface area (Å²) in [7, 11) is 0. The number of nitrogens with one attached hydrogen (secondary N) is 1. The van der Waals surface area contributed by atoms with E-state index in [1.807, 2.05) is 26.0 Å². The van der Waals surface area contributed by atoms with Crippen molar-refractivity contribution >= 4 is 34.2 Å². The zero-order valence-corrected chi connectivity index (χ0v) is 13.9. The number of ketones is 2. The van der Waals surface area contributed by atoms with E-state index in [2.05, 4.69) is 9.97 Å². The molecule has 6 nitrogen and oxygen atoms in total. The van der Waals surface area contributed by atoms with Gasteiger partial charge in [0.15, 0.2) is 0 Å². The first-order valence-corrected chi connectivity index (χ1v) is 8.41. The molecule has 0 aliphatic carbocycles. The van der Waals surface area contributed by atoms with Gasteiger partial charge in [-0.2, -0.15) is 0 Å². The maximum atomic E-state index is 12.6. The van der Waals surface area contributed by atoms with Crippen LogP contribution in [0.15, 0.2) is 24.5 Å². The topological polar surface area (TPSA) is 83.1 Å². The van der Waals surface area contributed by atoms with E-state index in [1.165, 1.54) is 4.90 Å². The summed E-state index contributed by atoms with van der Waals surface area (Å²) >= 11 is 0. The summed E-state index contributed by atoms with van der Waals surface area (Å²) in [6.07, 6.45) is 4.01. The van der Waals surface area contributed by atoms with Crippen molar-refractivity contribution < 1.29 is 14.4 Å². The Kier molecular flexibility index (Phi) is 4.46. The third kappa shape index (κ3) is 2.62. The number of benzene rings is 1. The van der Waals surface area contributed by atoms with E-state index in [-0.39, 0.29) is 5.78 Å². The molecular weight excluding hydrogens is 306 g/mol. The molecule has 126 valence electrons. The monoisotopic (exact) mass is 327 g/mol. The van der Waals surface area contributed by atoms with Crippen LogP contribution in [-0.4, -0.2) is 33.5 Å². The highest BCUT2D eigenvalue weighted by Crippen LogP contribution is 2.34. The van der Waals surface area contributed by atoms with Crippen LogP contribution in [0.4, 0.5) is 5.69 Å². The van der Waals surface area contributed by atoms with Crippen LogP contribution in [0, 0.1) is 5.92 Å². The SMILES string of the molecule is CCCC(=O)C1C(=O)C(=O)N(c2ccc3nc[nH]c3c2)C1CCC. The number of anilines is 1. The van der Waals surface area contributed by atoms with Crippen LogP contribution in [0.25, 0.3) is 11.0 Å². The molecule has 24 heavy (non-hydrogen) atoms. The largest absolute Gasteiger partial charge is 0.345 e. The highest BCUT2D eigenvalue weighted by molar-refractivity contribution is 6.48. The maximum Gasteiger partial charge on any atom is 0.295 e. The van der Waals surface area contributed by atoms with Crippen LogP contribution in [0.2, 0.25) is 0 Å². The van der Waals surface area contributed by atoms with Crippen molar-refractivity contribution in [1.82, 2.24) is 9.97 Å². The molecule has 0 bridgehead atoms. The van der Waals surface area contributed by atoms with Crippen LogP contribution in [0.1, 0.15) is 39.5 Å². The first kappa shape index (κ1) is 16.4. The van der Waals surface area contributed by atoms with Gasteiger partial charge in [-0.1, -0.05) is 20.3 Å². The summed E-state index contributed by atoms with van der Waals surface area (Å²) in [6.45, 7) is 3.89. The van der Waals surface area contributed by atoms with Crippen molar-refractivity contribution in [3.63, 3.8) is 0 Å². The lowest BCUT2D eigenvalue weighted by atomic mass is 9.89. The third-order valence-corrected chi connectivity index (χ3v) is 4.54. The van der Waals surface area contributed by atoms with Crippen LogP contribution in [0.5, 0.6) is 0 Å². The summed E-state index contributed by atoms with van der Waals surface area (Å²) in [6, 6.07) is 5.00. The second-order valence-electron chi connectivity index (χ2n) is 6.19. The lowest BCUT2D eigenvalue weighted by Crippen LogP contribution is -2.37. The Morgan fingerprint density at radius 2 is 2.04 bits per heavy atom. The van der Waals surface area contributed by atoms with Crippen LogP contribution >= 0.6 is 0 Å². The van der Waals surface area contributed by atoms with Gasteiger partial charge in [0.05, 0.1) is 23.4 Å².